The van der Waals surface area contributed by atoms with Gasteiger partial charge in [0.05, 0.1) is 33.2 Å². The molecule has 1 aliphatic carbocycles. The van der Waals surface area contributed by atoms with E-state index in [4.69, 9.17) is 29.4 Å². The van der Waals surface area contributed by atoms with E-state index in [0.717, 1.165) is 73.7 Å². The molecule has 0 bridgehead atoms. The number of carbonyl (C=O) groups is 1. The Hall–Kier alpha value is -7.13. The van der Waals surface area contributed by atoms with E-state index in [1.54, 1.807) is 18.8 Å². The number of aliphatic imine (C=N–C) groups is 1. The molecule has 1 amide bonds. The van der Waals surface area contributed by atoms with E-state index in [1.165, 1.54) is 23.8 Å². The fourth-order valence-corrected chi connectivity index (χ4v) is 9.31. The number of hydrogen-bond acceptors (Lipinski definition) is 11. The third-order valence-electron chi connectivity index (χ3n) is 13.0. The molecule has 10 rings (SSSR count). The summed E-state index contributed by atoms with van der Waals surface area (Å²) in [6, 6.07) is 48.1. The number of rotatable bonds is 14. The van der Waals surface area contributed by atoms with Gasteiger partial charge in [0.25, 0.3) is 0 Å². The summed E-state index contributed by atoms with van der Waals surface area (Å²) in [4.78, 5) is 23.4. The van der Waals surface area contributed by atoms with E-state index in [1.807, 2.05) is 60.7 Å². The van der Waals surface area contributed by atoms with Crippen molar-refractivity contribution in [2.24, 2.45) is 10.7 Å². The summed E-state index contributed by atoms with van der Waals surface area (Å²) in [6.45, 7) is 0.0829. The fraction of sp³-hybridized carbons (Fsp3) is 0.241. The molecule has 4 N–H and O–H groups in total. The summed E-state index contributed by atoms with van der Waals surface area (Å²) in [5.74, 6) is 1.71. The van der Waals surface area contributed by atoms with Crippen LogP contribution in [-0.4, -0.2) is 82.8 Å². The minimum atomic E-state index is -1.49. The van der Waals surface area contributed by atoms with Gasteiger partial charge in [-0.2, -0.15) is 0 Å². The van der Waals surface area contributed by atoms with Gasteiger partial charge >= 0.3 is 6.09 Å². The lowest BCUT2D eigenvalue weighted by Gasteiger charge is -2.27. The highest BCUT2D eigenvalue weighted by Crippen LogP contribution is 2.45. The first kappa shape index (κ1) is 43.7. The molecule has 3 aliphatic rings. The number of nitrogens with zero attached hydrogens (tertiary/aromatic N) is 4. The van der Waals surface area contributed by atoms with Gasteiger partial charge in [-0.05, 0) is 92.7 Å². The topological polar surface area (TPSA) is 163 Å². The molecule has 1 fully saturated rings. The normalized spacial score (nSPS) is 19.6. The van der Waals surface area contributed by atoms with Gasteiger partial charge in [0.1, 0.15) is 48.5 Å². The van der Waals surface area contributed by atoms with E-state index in [2.05, 4.69) is 94.9 Å². The zero-order valence-electron chi connectivity index (χ0n) is 37.1. The minimum Gasteiger partial charge on any atom is -0.497 e. The summed E-state index contributed by atoms with van der Waals surface area (Å²) in [6.07, 6.45) is -1.43. The second kappa shape index (κ2) is 19.0. The molecule has 340 valence electrons. The number of imidazole rings is 1. The Bertz CT molecular complexity index is 2730. The van der Waals surface area contributed by atoms with Gasteiger partial charge in [0, 0.05) is 5.92 Å². The number of hydrogen-bond donors (Lipinski definition) is 3. The summed E-state index contributed by atoms with van der Waals surface area (Å²) in [5, 5.41) is 22.9. The van der Waals surface area contributed by atoms with Crippen LogP contribution in [-0.2, 0) is 27.1 Å². The second-order valence-electron chi connectivity index (χ2n) is 17.1. The third-order valence-corrected chi connectivity index (χ3v) is 13.0. The molecule has 1 aromatic heterocycles. The molecular formula is C54H51N5O8. The van der Waals surface area contributed by atoms with Crippen LogP contribution in [0.3, 0.4) is 0 Å². The van der Waals surface area contributed by atoms with Crippen molar-refractivity contribution in [1.29, 1.82) is 0 Å². The number of aromatic nitrogens is 2. The van der Waals surface area contributed by atoms with Crippen molar-refractivity contribution in [2.75, 3.05) is 27.4 Å². The predicted octanol–water partition coefficient (Wildman–Crippen LogP) is 8.39. The van der Waals surface area contributed by atoms with E-state index in [0.29, 0.717) is 0 Å². The Morgan fingerprint density at radius 2 is 1.21 bits per heavy atom. The number of aliphatic hydroxyl groups is 2. The van der Waals surface area contributed by atoms with Crippen LogP contribution >= 0.6 is 0 Å². The quantitative estimate of drug-likeness (QED) is 0.0967. The number of amides is 1. The highest BCUT2D eigenvalue weighted by Gasteiger charge is 2.45. The van der Waals surface area contributed by atoms with Gasteiger partial charge in [0.15, 0.2) is 18.3 Å². The maximum Gasteiger partial charge on any atom is 0.417 e. The number of aliphatic hydroxyl groups excluding tert-OH is 2. The average molecular weight is 898 g/mol. The number of fused-ring (bicyclic) bond motifs is 4. The first-order valence-corrected chi connectivity index (χ1v) is 22.3. The van der Waals surface area contributed by atoms with Crippen LogP contribution in [0.2, 0.25) is 0 Å². The summed E-state index contributed by atoms with van der Waals surface area (Å²) in [7, 11) is 3.32. The molecule has 3 heterocycles. The van der Waals surface area contributed by atoms with Crippen LogP contribution in [0.25, 0.3) is 11.1 Å². The SMILES string of the molecule is COc1ccc(Cc2ccc(C(OC[C@H]3O[C@@H](n4cnc5c4N=CN(C(=O)OCC4c6ccccc6-c6ccccc64)C5O)C(N)C3O)c3ccc(Cc4ccc(OC)cc4)cc3)cc2)cc1. The molecule has 13 nitrogen and oxygen atoms in total. The molecule has 6 aromatic carbocycles. The highest BCUT2D eigenvalue weighted by molar-refractivity contribution is 5.86. The van der Waals surface area contributed by atoms with Crippen molar-refractivity contribution >= 4 is 18.2 Å². The fourth-order valence-electron chi connectivity index (χ4n) is 9.31. The minimum absolute atomic E-state index is 0.00950. The van der Waals surface area contributed by atoms with Crippen molar-refractivity contribution < 1.29 is 38.7 Å². The molecule has 3 unspecified atom stereocenters. The first-order valence-electron chi connectivity index (χ1n) is 22.3. The Balaban J connectivity index is 0.825. The molecule has 0 radical (unpaired) electrons. The highest BCUT2D eigenvalue weighted by atomic mass is 16.6. The smallest absolute Gasteiger partial charge is 0.417 e. The van der Waals surface area contributed by atoms with Crippen LogP contribution in [0.5, 0.6) is 11.5 Å². The van der Waals surface area contributed by atoms with E-state index in [-0.39, 0.29) is 30.6 Å². The van der Waals surface area contributed by atoms with Crippen molar-refractivity contribution in [3.05, 3.63) is 202 Å². The van der Waals surface area contributed by atoms with Crippen molar-refractivity contribution in [3.63, 3.8) is 0 Å². The second-order valence-corrected chi connectivity index (χ2v) is 17.1. The van der Waals surface area contributed by atoms with Gasteiger partial charge in [-0.3, -0.25) is 4.57 Å². The number of carbonyl (C=O) groups excluding carboxylic acids is 1. The van der Waals surface area contributed by atoms with Crippen LogP contribution in [0.15, 0.2) is 157 Å². The van der Waals surface area contributed by atoms with Gasteiger partial charge in [-0.1, -0.05) is 121 Å². The molecule has 2 aliphatic heterocycles. The van der Waals surface area contributed by atoms with Crippen LogP contribution < -0.4 is 15.2 Å². The van der Waals surface area contributed by atoms with E-state index >= 15 is 0 Å². The molecular weight excluding hydrogens is 847 g/mol. The van der Waals surface area contributed by atoms with Crippen LogP contribution in [0.4, 0.5) is 10.6 Å². The lowest BCUT2D eigenvalue weighted by molar-refractivity contribution is -0.0738. The number of methoxy groups -OCH3 is 2. The summed E-state index contributed by atoms with van der Waals surface area (Å²) in [5.41, 5.74) is 17.6. The first-order chi connectivity index (χ1) is 32.8. The molecule has 5 atom stereocenters. The Morgan fingerprint density at radius 1 is 0.701 bits per heavy atom. The van der Waals surface area contributed by atoms with Gasteiger partial charge in [-0.15, -0.1) is 0 Å². The lowest BCUT2D eigenvalue weighted by Crippen LogP contribution is -2.40. The largest absolute Gasteiger partial charge is 0.497 e. The summed E-state index contributed by atoms with van der Waals surface area (Å²) < 4.78 is 31.2. The molecule has 67 heavy (non-hydrogen) atoms. The molecule has 13 heteroatoms. The number of nitrogens with two attached hydrogens (primary N) is 1. The maximum absolute atomic E-state index is 13.5. The third kappa shape index (κ3) is 8.83. The molecule has 1 saturated heterocycles. The zero-order valence-corrected chi connectivity index (χ0v) is 37.1. The Labute approximate surface area is 388 Å². The van der Waals surface area contributed by atoms with Gasteiger partial charge in [0.2, 0.25) is 0 Å². The predicted molar refractivity (Wildman–Crippen MR) is 252 cm³/mol. The zero-order chi connectivity index (χ0) is 46.0. The van der Waals surface area contributed by atoms with Gasteiger partial charge < -0.3 is 39.6 Å². The van der Waals surface area contributed by atoms with Gasteiger partial charge in [-0.25, -0.2) is 19.7 Å². The van der Waals surface area contributed by atoms with Crippen LogP contribution in [0.1, 0.15) is 74.7 Å². The monoisotopic (exact) mass is 897 g/mol. The number of ether oxygens (including phenoxy) is 5. The van der Waals surface area contributed by atoms with E-state index < -0.39 is 42.9 Å². The van der Waals surface area contributed by atoms with Crippen molar-refractivity contribution in [2.45, 2.75) is 55.6 Å². The lowest BCUT2D eigenvalue weighted by atomic mass is 9.96. The maximum atomic E-state index is 13.5. The van der Waals surface area contributed by atoms with E-state index in [9.17, 15) is 15.0 Å². The molecule has 0 saturated carbocycles. The Kier molecular flexibility index (Phi) is 12.4. The number of benzene rings is 6. The molecule has 7 aromatic rings. The van der Waals surface area contributed by atoms with Crippen LogP contribution in [0, 0.1) is 0 Å². The molecule has 0 spiro atoms. The van der Waals surface area contributed by atoms with Crippen molar-refractivity contribution in [3.8, 4) is 22.6 Å². The Morgan fingerprint density at radius 3 is 1.73 bits per heavy atom. The average Bonchev–Trinajstić information content (AvgIpc) is 4.03. The standard InChI is InChI=1S/C54H51N5O8/c1-63-39-23-15-35(16-24-39)27-33-11-19-37(20-12-33)50(38-21-13-34(14-22-38)28-36-17-25-40(64-2)26-18-36)65-30-46-49(60)47(55)53(67-46)58-31-56-48-51(58)57-32-59(52(48)61)54(62)66-29-45-43-9-5-3-7-41(43)42-8-4-6-10-44(42)45/h3-26,31-32,45-47,49-50,52-53,60-61H,27-30,55H2,1-2H3/t46-,47?,49?,52?,53-/m1/s1. The summed E-state index contributed by atoms with van der Waals surface area (Å²) >= 11 is 0. The van der Waals surface area contributed by atoms with Crippen molar-refractivity contribution in [1.82, 2.24) is 14.5 Å².